The predicted octanol–water partition coefficient (Wildman–Crippen LogP) is 4.40. The quantitative estimate of drug-likeness (QED) is 0.559. The van der Waals surface area contributed by atoms with Crippen LogP contribution in [0.2, 0.25) is 0 Å². The molecule has 0 fully saturated rings. The van der Waals surface area contributed by atoms with Crippen LogP contribution >= 0.6 is 0 Å². The van der Waals surface area contributed by atoms with E-state index in [0.717, 1.165) is 48.4 Å². The molecule has 1 atom stereocenters. The van der Waals surface area contributed by atoms with Crippen LogP contribution in [-0.4, -0.2) is 25.0 Å². The van der Waals surface area contributed by atoms with Crippen LogP contribution in [-0.2, 0) is 14.3 Å². The number of hydrogen-bond donors (Lipinski definition) is 1. The molecule has 1 aromatic carbocycles. The van der Waals surface area contributed by atoms with Gasteiger partial charge in [0.2, 0.25) is 0 Å². The van der Waals surface area contributed by atoms with E-state index >= 15 is 0 Å². The zero-order valence-electron chi connectivity index (χ0n) is 17.0. The Balaban J connectivity index is 2.11. The molecule has 0 amide bonds. The predicted molar refractivity (Wildman–Crippen MR) is 108 cm³/mol. The summed E-state index contributed by atoms with van der Waals surface area (Å²) < 4.78 is 11.4. The summed E-state index contributed by atoms with van der Waals surface area (Å²) in [6.07, 6.45) is 4.13. The number of benzene rings is 1. The molecule has 0 saturated carbocycles. The number of ketones is 1. The molecule has 0 spiro atoms. The van der Waals surface area contributed by atoms with E-state index in [9.17, 15) is 9.59 Å². The van der Waals surface area contributed by atoms with Crippen molar-refractivity contribution in [3.63, 3.8) is 0 Å². The molecule has 2 aliphatic rings. The topological polar surface area (TPSA) is 64.6 Å². The molecule has 28 heavy (non-hydrogen) atoms. The van der Waals surface area contributed by atoms with Crippen LogP contribution < -0.4 is 10.1 Å². The lowest BCUT2D eigenvalue weighted by atomic mass is 9.75. The minimum Gasteiger partial charge on any atom is -0.493 e. The Bertz CT molecular complexity index is 822. The monoisotopic (exact) mass is 383 g/mol. The summed E-state index contributed by atoms with van der Waals surface area (Å²) in [6, 6.07) is 7.72. The first-order valence-electron chi connectivity index (χ1n) is 10.2. The van der Waals surface area contributed by atoms with Crippen molar-refractivity contribution < 1.29 is 19.1 Å². The highest BCUT2D eigenvalue weighted by molar-refractivity contribution is 6.04. The second-order valence-corrected chi connectivity index (χ2v) is 7.23. The Morgan fingerprint density at radius 1 is 1.21 bits per heavy atom. The number of carbonyl (C=O) groups is 2. The van der Waals surface area contributed by atoms with E-state index in [1.54, 1.807) is 6.92 Å². The number of unbranched alkanes of at least 4 members (excludes halogenated alkanes) is 1. The van der Waals surface area contributed by atoms with Crippen LogP contribution in [0.1, 0.15) is 64.4 Å². The van der Waals surface area contributed by atoms with Gasteiger partial charge in [0.1, 0.15) is 5.75 Å². The molecule has 1 N–H and O–H groups in total. The zero-order valence-corrected chi connectivity index (χ0v) is 17.0. The molecule has 5 nitrogen and oxygen atoms in total. The number of nitrogens with one attached hydrogen (secondary N) is 1. The van der Waals surface area contributed by atoms with Gasteiger partial charge in [-0.1, -0.05) is 31.5 Å². The number of dihydropyridines is 1. The first-order chi connectivity index (χ1) is 13.6. The number of esters is 1. The SMILES string of the molecule is CCCCOc1ccccc1[C@H]1C(C(=O)OCC)=C(C)NC2=C1C(=O)CCC2. The number of para-hydroxylation sites is 1. The molecule has 0 radical (unpaired) electrons. The number of rotatable bonds is 7. The Hall–Kier alpha value is -2.56. The summed E-state index contributed by atoms with van der Waals surface area (Å²) in [5.41, 5.74) is 3.72. The van der Waals surface area contributed by atoms with Crippen molar-refractivity contribution in [1.82, 2.24) is 5.32 Å². The Morgan fingerprint density at radius 2 is 2.00 bits per heavy atom. The van der Waals surface area contributed by atoms with Gasteiger partial charge < -0.3 is 14.8 Å². The van der Waals surface area contributed by atoms with Crippen LogP contribution in [0.15, 0.2) is 46.8 Å². The lowest BCUT2D eigenvalue weighted by Crippen LogP contribution is -2.34. The third-order valence-electron chi connectivity index (χ3n) is 5.26. The molecular weight excluding hydrogens is 354 g/mol. The molecule has 0 bridgehead atoms. The maximum atomic E-state index is 12.9. The van der Waals surface area contributed by atoms with Crippen molar-refractivity contribution >= 4 is 11.8 Å². The third kappa shape index (κ3) is 3.98. The highest BCUT2D eigenvalue weighted by Gasteiger charge is 2.40. The average Bonchev–Trinajstić information content (AvgIpc) is 2.68. The molecule has 0 aromatic heterocycles. The van der Waals surface area contributed by atoms with Gasteiger partial charge in [-0.25, -0.2) is 4.79 Å². The van der Waals surface area contributed by atoms with Crippen LogP contribution in [0.5, 0.6) is 5.75 Å². The lowest BCUT2D eigenvalue weighted by Gasteiger charge is -2.34. The first-order valence-corrected chi connectivity index (χ1v) is 10.2. The summed E-state index contributed by atoms with van der Waals surface area (Å²) in [6.45, 7) is 6.68. The molecule has 0 saturated heterocycles. The summed E-state index contributed by atoms with van der Waals surface area (Å²) in [4.78, 5) is 25.8. The van der Waals surface area contributed by atoms with E-state index < -0.39 is 5.92 Å². The van der Waals surface area contributed by atoms with Crippen LogP contribution in [0.25, 0.3) is 0 Å². The molecule has 150 valence electrons. The van der Waals surface area contributed by atoms with Gasteiger partial charge in [-0.05, 0) is 39.2 Å². The van der Waals surface area contributed by atoms with Crippen LogP contribution in [0.3, 0.4) is 0 Å². The normalized spacial score (nSPS) is 19.2. The zero-order chi connectivity index (χ0) is 20.1. The maximum absolute atomic E-state index is 12.9. The number of ether oxygens (including phenoxy) is 2. The molecule has 0 unspecified atom stereocenters. The molecule has 5 heteroatoms. The first kappa shape index (κ1) is 20.2. The second kappa shape index (κ2) is 9.09. The fourth-order valence-corrected chi connectivity index (χ4v) is 3.95. The van der Waals surface area contributed by atoms with Crippen molar-refractivity contribution in [2.24, 2.45) is 0 Å². The van der Waals surface area contributed by atoms with Crippen molar-refractivity contribution in [2.45, 2.75) is 58.8 Å². The molecule has 1 aliphatic heterocycles. The van der Waals surface area contributed by atoms with Gasteiger partial charge in [-0.15, -0.1) is 0 Å². The van der Waals surface area contributed by atoms with Crippen molar-refractivity contribution in [1.29, 1.82) is 0 Å². The lowest BCUT2D eigenvalue weighted by molar-refractivity contribution is -0.138. The van der Waals surface area contributed by atoms with Crippen molar-refractivity contribution in [3.05, 3.63) is 52.4 Å². The maximum Gasteiger partial charge on any atom is 0.336 e. The van der Waals surface area contributed by atoms with E-state index in [1.165, 1.54) is 0 Å². The van der Waals surface area contributed by atoms with Gasteiger partial charge in [0.15, 0.2) is 5.78 Å². The van der Waals surface area contributed by atoms with E-state index in [-0.39, 0.29) is 18.4 Å². The summed E-state index contributed by atoms with van der Waals surface area (Å²) in [5, 5.41) is 3.31. The fraction of sp³-hybridized carbons (Fsp3) is 0.478. The Labute approximate surface area is 166 Å². The molecule has 1 heterocycles. The summed E-state index contributed by atoms with van der Waals surface area (Å²) in [5.74, 6) is -0.0224. The van der Waals surface area contributed by atoms with Gasteiger partial charge in [-0.3, -0.25) is 4.79 Å². The van der Waals surface area contributed by atoms with Gasteiger partial charge >= 0.3 is 5.97 Å². The highest BCUT2D eigenvalue weighted by atomic mass is 16.5. The second-order valence-electron chi connectivity index (χ2n) is 7.23. The van der Waals surface area contributed by atoms with Crippen molar-refractivity contribution in [2.75, 3.05) is 13.2 Å². The third-order valence-corrected chi connectivity index (χ3v) is 5.26. The smallest absolute Gasteiger partial charge is 0.336 e. The average molecular weight is 383 g/mol. The standard InChI is InChI=1S/C23H29NO4/c1-4-6-14-28-19-13-8-7-10-16(19)21-20(23(26)27-5-2)15(3)24-17-11-9-12-18(25)22(17)21/h7-8,10,13,21,24H,4-6,9,11-12,14H2,1-3H3/t21-/m0/s1. The number of carbonyl (C=O) groups excluding carboxylic acids is 2. The number of allylic oxidation sites excluding steroid dienone is 3. The summed E-state index contributed by atoms with van der Waals surface area (Å²) in [7, 11) is 0. The molecule has 1 aliphatic carbocycles. The largest absolute Gasteiger partial charge is 0.493 e. The Morgan fingerprint density at radius 3 is 2.75 bits per heavy atom. The highest BCUT2D eigenvalue weighted by Crippen LogP contribution is 2.45. The number of hydrogen-bond acceptors (Lipinski definition) is 5. The molecular formula is C23H29NO4. The van der Waals surface area contributed by atoms with Crippen LogP contribution in [0, 0.1) is 0 Å². The number of Topliss-reactive ketones (excluding diaryl/α,β-unsaturated/α-hetero) is 1. The van der Waals surface area contributed by atoms with Crippen molar-refractivity contribution in [3.8, 4) is 5.75 Å². The van der Waals surface area contributed by atoms with E-state index in [1.807, 2.05) is 31.2 Å². The van der Waals surface area contributed by atoms with Gasteiger partial charge in [-0.2, -0.15) is 0 Å². The van der Waals surface area contributed by atoms with Gasteiger partial charge in [0, 0.05) is 29.0 Å². The van der Waals surface area contributed by atoms with Gasteiger partial charge in [0.05, 0.1) is 24.7 Å². The van der Waals surface area contributed by atoms with E-state index in [4.69, 9.17) is 9.47 Å². The van der Waals surface area contributed by atoms with Gasteiger partial charge in [0.25, 0.3) is 0 Å². The van der Waals surface area contributed by atoms with E-state index in [0.29, 0.717) is 24.2 Å². The Kier molecular flexibility index (Phi) is 6.55. The molecule has 1 aromatic rings. The minimum atomic E-state index is -0.457. The molecule has 3 rings (SSSR count). The fourth-order valence-electron chi connectivity index (χ4n) is 3.95. The summed E-state index contributed by atoms with van der Waals surface area (Å²) >= 11 is 0. The minimum absolute atomic E-state index is 0.0939. The van der Waals surface area contributed by atoms with E-state index in [2.05, 4.69) is 12.2 Å². The van der Waals surface area contributed by atoms with Crippen LogP contribution in [0.4, 0.5) is 0 Å².